The lowest BCUT2D eigenvalue weighted by atomic mass is 10.1. The van der Waals surface area contributed by atoms with Crippen LogP contribution in [0.25, 0.3) is 0 Å². The van der Waals surface area contributed by atoms with Gasteiger partial charge in [0.25, 0.3) is 0 Å². The number of ether oxygens (including phenoxy) is 1. The maximum absolute atomic E-state index is 14.0. The predicted octanol–water partition coefficient (Wildman–Crippen LogP) is 8.03. The topological polar surface area (TPSA) is 49.9 Å². The van der Waals surface area contributed by atoms with Crippen LogP contribution in [0.2, 0.25) is 5.02 Å². The number of nitrogens with zero attached hydrogens (tertiary/aromatic N) is 2. The van der Waals surface area contributed by atoms with E-state index in [9.17, 15) is 8.42 Å². The molecule has 0 saturated carbocycles. The molecule has 3 aromatic rings. The average molecular weight is 617 g/mol. The largest absolute Gasteiger partial charge is 0.494 e. The molecule has 0 aliphatic carbocycles. The number of aryl methyl sites for hydroxylation is 1. The van der Waals surface area contributed by atoms with Gasteiger partial charge in [-0.2, -0.15) is 0 Å². The van der Waals surface area contributed by atoms with Crippen LogP contribution in [-0.2, 0) is 35.8 Å². The van der Waals surface area contributed by atoms with E-state index in [0.717, 1.165) is 60.0 Å². The van der Waals surface area contributed by atoms with Gasteiger partial charge in [-0.05, 0) is 86.7 Å². The Labute approximate surface area is 256 Å². The first kappa shape index (κ1) is 32.0. The van der Waals surface area contributed by atoms with Crippen molar-refractivity contribution in [1.29, 1.82) is 0 Å². The van der Waals surface area contributed by atoms with Gasteiger partial charge in [0.1, 0.15) is 5.75 Å². The summed E-state index contributed by atoms with van der Waals surface area (Å²) in [6.45, 7) is 12.7. The van der Waals surface area contributed by atoms with Crippen LogP contribution in [0.1, 0.15) is 73.8 Å². The van der Waals surface area contributed by atoms with Crippen molar-refractivity contribution in [2.24, 2.45) is 0 Å². The molecule has 1 aliphatic heterocycles. The summed E-state index contributed by atoms with van der Waals surface area (Å²) < 4.78 is 34.0. The highest BCUT2D eigenvalue weighted by Gasteiger charge is 2.32. The van der Waals surface area contributed by atoms with Crippen molar-refractivity contribution in [1.82, 2.24) is 9.80 Å². The van der Waals surface area contributed by atoms with Gasteiger partial charge in [0.15, 0.2) is 0 Å². The molecule has 41 heavy (non-hydrogen) atoms. The lowest BCUT2D eigenvalue weighted by Crippen LogP contribution is -2.30. The molecule has 0 amide bonds. The fourth-order valence-electron chi connectivity index (χ4n) is 5.43. The number of hydrogen-bond donors (Lipinski definition) is 0. The Morgan fingerprint density at radius 3 is 2.29 bits per heavy atom. The monoisotopic (exact) mass is 616 g/mol. The van der Waals surface area contributed by atoms with Gasteiger partial charge >= 0.3 is 0 Å². The Morgan fingerprint density at radius 2 is 1.63 bits per heavy atom. The van der Waals surface area contributed by atoms with E-state index >= 15 is 0 Å². The van der Waals surface area contributed by atoms with E-state index in [1.54, 1.807) is 35.6 Å². The molecule has 1 aromatic heterocycles. The smallest absolute Gasteiger partial charge is 0.208 e. The molecule has 8 heteroatoms. The average Bonchev–Trinajstić information content (AvgIpc) is 3.36. The first-order valence-electron chi connectivity index (χ1n) is 15.2. The van der Waals surface area contributed by atoms with Crippen LogP contribution in [-0.4, -0.2) is 51.0 Å². The molecule has 2 heterocycles. The van der Waals surface area contributed by atoms with Crippen LogP contribution in [0, 0.1) is 0 Å². The van der Waals surface area contributed by atoms with Crippen molar-refractivity contribution >= 4 is 32.8 Å². The van der Waals surface area contributed by atoms with Gasteiger partial charge in [-0.3, -0.25) is 4.90 Å². The minimum atomic E-state index is -3.66. The van der Waals surface area contributed by atoms with Crippen LogP contribution in [0.3, 0.4) is 0 Å². The molecule has 4 rings (SSSR count). The normalized spacial score (nSPS) is 14.0. The Balaban J connectivity index is 1.42. The Bertz CT molecular complexity index is 1350. The number of thiophene rings is 1. The third-order valence-electron chi connectivity index (χ3n) is 7.77. The zero-order chi connectivity index (χ0) is 29.2. The van der Waals surface area contributed by atoms with Gasteiger partial charge in [-0.15, -0.1) is 11.3 Å². The highest BCUT2D eigenvalue weighted by molar-refractivity contribution is 7.91. The summed E-state index contributed by atoms with van der Waals surface area (Å²) in [5, 5.41) is 0.748. The van der Waals surface area contributed by atoms with Crippen LogP contribution in [0.15, 0.2) is 58.3 Å². The maximum Gasteiger partial charge on any atom is 0.208 e. The van der Waals surface area contributed by atoms with Crippen molar-refractivity contribution < 1.29 is 13.2 Å². The molecule has 224 valence electrons. The molecule has 0 spiro atoms. The zero-order valence-corrected chi connectivity index (χ0v) is 27.2. The number of sulfone groups is 1. The van der Waals surface area contributed by atoms with E-state index in [4.69, 9.17) is 16.3 Å². The number of hydrogen-bond acceptors (Lipinski definition) is 6. The predicted molar refractivity (Wildman–Crippen MR) is 171 cm³/mol. The zero-order valence-electron chi connectivity index (χ0n) is 24.8. The second-order valence-corrected chi connectivity index (χ2v) is 14.4. The summed E-state index contributed by atoms with van der Waals surface area (Å²) in [7, 11) is -3.66. The standard InChI is InChI=1S/C33H45ClN2O3S2/c1-4-7-19-35(20-8-5-2)21-11-23-39-27-14-16-28(17-15-27)41(37,38)33-29-25-36(22-18-32(29)40-31(33)6-3)24-26-12-9-10-13-30(26)34/h9-10,12-17H,4-8,11,18-25H2,1-3H3. The number of benzene rings is 2. The van der Waals surface area contributed by atoms with E-state index in [2.05, 4.69) is 23.6 Å². The van der Waals surface area contributed by atoms with Crippen LogP contribution in [0.4, 0.5) is 0 Å². The Kier molecular flexibility index (Phi) is 12.1. The van der Waals surface area contributed by atoms with E-state index in [1.807, 2.05) is 31.2 Å². The summed E-state index contributed by atoms with van der Waals surface area (Å²) in [5.41, 5.74) is 2.03. The molecule has 0 radical (unpaired) electrons. The second-order valence-electron chi connectivity index (χ2n) is 10.9. The van der Waals surface area contributed by atoms with Crippen LogP contribution < -0.4 is 4.74 Å². The number of unbranched alkanes of at least 4 members (excludes halogenated alkanes) is 2. The van der Waals surface area contributed by atoms with Gasteiger partial charge < -0.3 is 9.64 Å². The summed E-state index contributed by atoms with van der Waals surface area (Å²) in [6.07, 6.45) is 7.39. The maximum atomic E-state index is 14.0. The fourth-order valence-corrected chi connectivity index (χ4v) is 8.97. The van der Waals surface area contributed by atoms with E-state index in [-0.39, 0.29) is 0 Å². The highest BCUT2D eigenvalue weighted by atomic mass is 35.5. The molecule has 0 fully saturated rings. The van der Waals surface area contributed by atoms with Gasteiger partial charge in [0, 0.05) is 41.0 Å². The molecule has 0 N–H and O–H groups in total. The van der Waals surface area contributed by atoms with Crippen molar-refractivity contribution in [2.45, 2.75) is 88.6 Å². The molecule has 5 nitrogen and oxygen atoms in total. The van der Waals surface area contributed by atoms with Crippen molar-refractivity contribution in [3.05, 3.63) is 74.4 Å². The summed E-state index contributed by atoms with van der Waals surface area (Å²) in [5.74, 6) is 0.714. The molecular formula is C33H45ClN2O3S2. The van der Waals surface area contributed by atoms with E-state index < -0.39 is 9.84 Å². The quantitative estimate of drug-likeness (QED) is 0.153. The van der Waals surface area contributed by atoms with Gasteiger partial charge in [0.05, 0.1) is 16.4 Å². The van der Waals surface area contributed by atoms with Gasteiger partial charge in [0.2, 0.25) is 9.84 Å². The molecule has 0 saturated heterocycles. The molecule has 2 aromatic carbocycles. The first-order valence-corrected chi connectivity index (χ1v) is 17.8. The summed E-state index contributed by atoms with van der Waals surface area (Å²) >= 11 is 8.09. The minimum absolute atomic E-state index is 0.327. The molecule has 0 bridgehead atoms. The summed E-state index contributed by atoms with van der Waals surface area (Å²) in [6, 6.07) is 14.9. The number of fused-ring (bicyclic) bond motifs is 1. The van der Waals surface area contributed by atoms with Crippen molar-refractivity contribution in [3.8, 4) is 5.75 Å². The van der Waals surface area contributed by atoms with Gasteiger partial charge in [-0.25, -0.2) is 8.42 Å². The third-order valence-corrected chi connectivity index (χ3v) is 11.6. The molecular weight excluding hydrogens is 572 g/mol. The lowest BCUT2D eigenvalue weighted by Gasteiger charge is -2.28. The van der Waals surface area contributed by atoms with Crippen molar-refractivity contribution in [3.63, 3.8) is 0 Å². The third kappa shape index (κ3) is 8.35. The van der Waals surface area contributed by atoms with Gasteiger partial charge in [-0.1, -0.05) is 63.4 Å². The summed E-state index contributed by atoms with van der Waals surface area (Å²) in [4.78, 5) is 7.82. The lowest BCUT2D eigenvalue weighted by molar-refractivity contribution is 0.229. The number of rotatable bonds is 16. The molecule has 1 aliphatic rings. The van der Waals surface area contributed by atoms with Crippen LogP contribution >= 0.6 is 22.9 Å². The van der Waals surface area contributed by atoms with Crippen molar-refractivity contribution in [2.75, 3.05) is 32.8 Å². The molecule has 0 atom stereocenters. The first-order chi connectivity index (χ1) is 19.9. The van der Waals surface area contributed by atoms with E-state index in [0.29, 0.717) is 41.7 Å². The fraction of sp³-hybridized carbons (Fsp3) is 0.515. The second kappa shape index (κ2) is 15.5. The Hall–Kier alpha value is -1.90. The van der Waals surface area contributed by atoms with E-state index in [1.165, 1.54) is 30.6 Å². The number of halogens is 1. The molecule has 0 unspecified atom stereocenters. The highest BCUT2D eigenvalue weighted by Crippen LogP contribution is 2.40. The minimum Gasteiger partial charge on any atom is -0.494 e. The Morgan fingerprint density at radius 1 is 0.951 bits per heavy atom. The van der Waals surface area contributed by atoms with Crippen LogP contribution in [0.5, 0.6) is 5.75 Å². The SMILES string of the molecule is CCCCN(CCCC)CCCOc1ccc(S(=O)(=O)c2c(CC)sc3c2CN(Cc2ccccc2Cl)CC3)cc1.